The van der Waals surface area contributed by atoms with Gasteiger partial charge < -0.3 is 12.4 Å². The molecule has 1 aromatic rings. The van der Waals surface area contributed by atoms with Crippen LogP contribution in [0, 0.1) is 0 Å². The van der Waals surface area contributed by atoms with E-state index in [-0.39, 0.29) is 12.4 Å². The second-order valence-electron chi connectivity index (χ2n) is 3.91. The van der Waals surface area contributed by atoms with Crippen molar-refractivity contribution in [3.63, 3.8) is 0 Å². The molecule has 0 fully saturated rings. The van der Waals surface area contributed by atoms with E-state index in [1.807, 2.05) is 0 Å². The molecule has 0 aliphatic rings. The third-order valence-electron chi connectivity index (χ3n) is 2.62. The first kappa shape index (κ1) is 14.5. The van der Waals surface area contributed by atoms with Crippen molar-refractivity contribution in [2.75, 3.05) is 0 Å². The topological polar surface area (TPSA) is 19.7 Å². The lowest BCUT2D eigenvalue weighted by molar-refractivity contribution is -0.703. The van der Waals surface area contributed by atoms with Gasteiger partial charge in [0.1, 0.15) is 12.4 Å². The maximum absolute atomic E-state index is 3.33. The fourth-order valence-electron chi connectivity index (χ4n) is 1.70. The van der Waals surface area contributed by atoms with E-state index in [1.54, 1.807) is 0 Å². The Morgan fingerprint density at radius 1 is 1.13 bits per heavy atom. The van der Waals surface area contributed by atoms with Gasteiger partial charge in [-0.15, -0.1) is 0 Å². The first-order valence-corrected chi connectivity index (χ1v) is 5.94. The van der Waals surface area contributed by atoms with Gasteiger partial charge in [-0.25, -0.2) is 9.55 Å². The van der Waals surface area contributed by atoms with Crippen LogP contribution in [0.15, 0.2) is 12.4 Å². The van der Waals surface area contributed by atoms with Crippen molar-refractivity contribution in [1.29, 1.82) is 0 Å². The highest BCUT2D eigenvalue weighted by Gasteiger charge is 2.08. The number of rotatable bonds is 7. The summed E-state index contributed by atoms with van der Waals surface area (Å²) in [6, 6.07) is 0. The molecular weight excluding hydrogens is 208 g/mol. The van der Waals surface area contributed by atoms with E-state index >= 15 is 0 Å². The van der Waals surface area contributed by atoms with Gasteiger partial charge in [-0.3, -0.25) is 0 Å². The Labute approximate surface area is 99.5 Å². The average Bonchev–Trinajstić information content (AvgIpc) is 2.63. The summed E-state index contributed by atoms with van der Waals surface area (Å²) in [5, 5.41) is 0. The predicted octanol–water partition coefficient (Wildman–Crippen LogP) is -0.161. The zero-order valence-corrected chi connectivity index (χ0v) is 10.7. The summed E-state index contributed by atoms with van der Waals surface area (Å²) in [7, 11) is 0. The third kappa shape index (κ3) is 5.22. The van der Waals surface area contributed by atoms with Crippen LogP contribution in [0.4, 0.5) is 0 Å². The number of H-pyrrole nitrogens is 1. The molecule has 0 saturated heterocycles. The minimum atomic E-state index is 0. The maximum Gasteiger partial charge on any atom is 0.254 e. The van der Waals surface area contributed by atoms with Crippen LogP contribution >= 0.6 is 0 Å². The summed E-state index contributed by atoms with van der Waals surface area (Å²) in [4.78, 5) is 3.33. The van der Waals surface area contributed by atoms with Crippen LogP contribution in [0.5, 0.6) is 0 Å². The molecule has 0 aromatic carbocycles. The molecular formula is C12H23ClN2. The summed E-state index contributed by atoms with van der Waals surface area (Å²) in [5.41, 5.74) is 0. The number of hydrogen-bond acceptors (Lipinski definition) is 0. The Hall–Kier alpha value is -0.500. The first-order chi connectivity index (χ1) is 6.88. The van der Waals surface area contributed by atoms with Crippen LogP contribution in [0.25, 0.3) is 0 Å². The summed E-state index contributed by atoms with van der Waals surface area (Å²) in [6.45, 7) is 5.67. The van der Waals surface area contributed by atoms with Gasteiger partial charge in [0, 0.05) is 6.42 Å². The molecule has 88 valence electrons. The van der Waals surface area contributed by atoms with E-state index in [0.29, 0.717) is 0 Å². The van der Waals surface area contributed by atoms with Crippen molar-refractivity contribution in [2.24, 2.45) is 0 Å². The fourth-order valence-corrected chi connectivity index (χ4v) is 1.70. The molecule has 0 spiro atoms. The molecule has 0 saturated carbocycles. The van der Waals surface area contributed by atoms with Crippen LogP contribution in [0.1, 0.15) is 51.8 Å². The Balaban J connectivity index is 0.00000196. The van der Waals surface area contributed by atoms with Crippen molar-refractivity contribution in [1.82, 2.24) is 4.98 Å². The molecule has 0 aliphatic carbocycles. The Bertz CT molecular complexity index is 246. The van der Waals surface area contributed by atoms with Crippen LogP contribution in [-0.4, -0.2) is 4.98 Å². The molecule has 0 unspecified atom stereocenters. The quantitative estimate of drug-likeness (QED) is 0.496. The molecule has 2 nitrogen and oxygen atoms in total. The van der Waals surface area contributed by atoms with E-state index in [2.05, 4.69) is 35.8 Å². The average molecular weight is 231 g/mol. The van der Waals surface area contributed by atoms with Gasteiger partial charge in [0.05, 0.1) is 6.54 Å². The predicted molar refractivity (Wildman–Crippen MR) is 59.1 cm³/mol. The molecule has 0 amide bonds. The summed E-state index contributed by atoms with van der Waals surface area (Å²) < 4.78 is 2.37. The Morgan fingerprint density at radius 2 is 1.87 bits per heavy atom. The molecule has 0 radical (unpaired) electrons. The smallest absolute Gasteiger partial charge is 0.254 e. The molecule has 1 heterocycles. The SMILES string of the molecule is CCCCC[n+]1cc[nH]c1CCCC.[Cl-]. The number of halogens is 1. The number of nitrogens with zero attached hydrogens (tertiary/aromatic N) is 1. The highest BCUT2D eigenvalue weighted by atomic mass is 35.5. The normalized spacial score (nSPS) is 10.0. The molecule has 0 aliphatic heterocycles. The third-order valence-corrected chi connectivity index (χ3v) is 2.62. The number of aromatic nitrogens is 2. The number of hydrogen-bond donors (Lipinski definition) is 1. The van der Waals surface area contributed by atoms with Gasteiger partial charge in [0.25, 0.3) is 5.82 Å². The van der Waals surface area contributed by atoms with Gasteiger partial charge >= 0.3 is 0 Å². The van der Waals surface area contributed by atoms with E-state index in [4.69, 9.17) is 0 Å². The van der Waals surface area contributed by atoms with Gasteiger partial charge in [0.15, 0.2) is 0 Å². The summed E-state index contributed by atoms with van der Waals surface area (Å²) >= 11 is 0. The van der Waals surface area contributed by atoms with E-state index in [9.17, 15) is 0 Å². The second-order valence-corrected chi connectivity index (χ2v) is 3.91. The highest BCUT2D eigenvalue weighted by Crippen LogP contribution is 1.99. The maximum atomic E-state index is 3.33. The van der Waals surface area contributed by atoms with Crippen LogP contribution in [0.2, 0.25) is 0 Å². The van der Waals surface area contributed by atoms with Crippen LogP contribution in [-0.2, 0) is 13.0 Å². The lowest BCUT2D eigenvalue weighted by atomic mass is 10.2. The molecule has 1 rings (SSSR count). The van der Waals surface area contributed by atoms with Crippen molar-refractivity contribution in [2.45, 2.75) is 58.9 Å². The zero-order valence-electron chi connectivity index (χ0n) is 9.93. The Morgan fingerprint density at radius 3 is 2.53 bits per heavy atom. The highest BCUT2D eigenvalue weighted by molar-refractivity contribution is 4.77. The Kier molecular flexibility index (Phi) is 8.49. The molecule has 0 bridgehead atoms. The van der Waals surface area contributed by atoms with Crippen molar-refractivity contribution < 1.29 is 17.0 Å². The number of nitrogens with one attached hydrogen (secondary N) is 1. The van der Waals surface area contributed by atoms with Crippen LogP contribution < -0.4 is 17.0 Å². The lowest BCUT2D eigenvalue weighted by Gasteiger charge is -1.99. The summed E-state index contributed by atoms with van der Waals surface area (Å²) in [6.07, 6.45) is 11.9. The molecule has 3 heteroatoms. The van der Waals surface area contributed by atoms with Gasteiger partial charge in [-0.2, -0.15) is 0 Å². The number of aryl methyl sites for hydroxylation is 2. The second kappa shape index (κ2) is 8.78. The number of unbranched alkanes of at least 4 members (excludes halogenated alkanes) is 3. The number of aromatic amines is 1. The van der Waals surface area contributed by atoms with Gasteiger partial charge in [0.2, 0.25) is 0 Å². The monoisotopic (exact) mass is 230 g/mol. The van der Waals surface area contributed by atoms with Crippen molar-refractivity contribution in [3.8, 4) is 0 Å². The molecule has 1 N–H and O–H groups in total. The molecule has 0 atom stereocenters. The van der Waals surface area contributed by atoms with Crippen molar-refractivity contribution >= 4 is 0 Å². The standard InChI is InChI=1S/C12H22N2.ClH/c1-3-5-7-10-14-11-9-13-12(14)8-6-4-2;/h9,11H,3-8,10H2,1-2H3;1H. The fraction of sp³-hybridized carbons (Fsp3) is 0.750. The molecule has 1 aromatic heterocycles. The minimum Gasteiger partial charge on any atom is -1.00 e. The van der Waals surface area contributed by atoms with E-state index in [0.717, 1.165) is 0 Å². The largest absolute Gasteiger partial charge is 1.00 e. The van der Waals surface area contributed by atoms with Gasteiger partial charge in [-0.05, 0) is 19.3 Å². The van der Waals surface area contributed by atoms with E-state index in [1.165, 1.54) is 50.9 Å². The lowest BCUT2D eigenvalue weighted by Crippen LogP contribution is -3.00. The first-order valence-electron chi connectivity index (χ1n) is 5.94. The van der Waals surface area contributed by atoms with E-state index < -0.39 is 0 Å². The number of imidazole rings is 1. The van der Waals surface area contributed by atoms with Gasteiger partial charge in [-0.1, -0.05) is 26.7 Å². The van der Waals surface area contributed by atoms with Crippen LogP contribution in [0.3, 0.4) is 0 Å². The molecule has 15 heavy (non-hydrogen) atoms. The zero-order chi connectivity index (χ0) is 10.2. The summed E-state index contributed by atoms with van der Waals surface area (Å²) in [5.74, 6) is 1.39. The van der Waals surface area contributed by atoms with Crippen molar-refractivity contribution in [3.05, 3.63) is 18.2 Å². The minimum absolute atomic E-state index is 0.